The molecule has 1 rings (SSSR count). The van der Waals surface area contributed by atoms with E-state index in [9.17, 15) is 0 Å². The van der Waals surface area contributed by atoms with Crippen molar-refractivity contribution in [3.63, 3.8) is 0 Å². The summed E-state index contributed by atoms with van der Waals surface area (Å²) in [6, 6.07) is 11.8. The number of hydrogen-bond acceptors (Lipinski definition) is 3. The lowest BCUT2D eigenvalue weighted by Gasteiger charge is -2.21. The van der Waals surface area contributed by atoms with Crippen molar-refractivity contribution in [3.05, 3.63) is 30.3 Å². The zero-order chi connectivity index (χ0) is 16.9. The molecule has 0 aromatic heterocycles. The summed E-state index contributed by atoms with van der Waals surface area (Å²) in [7, 11) is 0. The molecular weight excluding hydrogens is 300 g/mol. The highest BCUT2D eigenvalue weighted by Gasteiger charge is 2.10. The third-order valence-corrected chi connectivity index (χ3v) is 4.99. The van der Waals surface area contributed by atoms with E-state index in [4.69, 9.17) is 0 Å². The van der Waals surface area contributed by atoms with Gasteiger partial charge >= 0.3 is 0 Å². The van der Waals surface area contributed by atoms with E-state index < -0.39 is 0 Å². The SMILES string of the molecule is CC(C)CCCCNCCC(CSc1ccccc1)NC(C)C. The molecule has 23 heavy (non-hydrogen) atoms. The molecule has 0 aliphatic heterocycles. The van der Waals surface area contributed by atoms with Crippen molar-refractivity contribution in [2.45, 2.75) is 70.4 Å². The molecule has 0 amide bonds. The molecule has 2 nitrogen and oxygen atoms in total. The minimum absolute atomic E-state index is 0.544. The van der Waals surface area contributed by atoms with Crippen LogP contribution >= 0.6 is 11.8 Å². The van der Waals surface area contributed by atoms with Gasteiger partial charge in [-0.3, -0.25) is 0 Å². The summed E-state index contributed by atoms with van der Waals surface area (Å²) in [6.07, 6.45) is 5.20. The quantitative estimate of drug-likeness (QED) is 0.393. The monoisotopic (exact) mass is 336 g/mol. The number of hydrogen-bond donors (Lipinski definition) is 2. The molecule has 1 aromatic rings. The van der Waals surface area contributed by atoms with Crippen molar-refractivity contribution >= 4 is 11.8 Å². The normalized spacial score (nSPS) is 13.0. The first-order chi connectivity index (χ1) is 11.1. The van der Waals surface area contributed by atoms with Gasteiger partial charge in [0.1, 0.15) is 0 Å². The minimum Gasteiger partial charge on any atom is -0.317 e. The fourth-order valence-electron chi connectivity index (χ4n) is 2.60. The predicted molar refractivity (Wildman–Crippen MR) is 105 cm³/mol. The second-order valence-corrected chi connectivity index (χ2v) is 8.16. The van der Waals surface area contributed by atoms with E-state index in [1.54, 1.807) is 0 Å². The summed E-state index contributed by atoms with van der Waals surface area (Å²) in [6.45, 7) is 11.4. The average Bonchev–Trinajstić information content (AvgIpc) is 2.51. The van der Waals surface area contributed by atoms with Gasteiger partial charge < -0.3 is 10.6 Å². The van der Waals surface area contributed by atoms with E-state index >= 15 is 0 Å². The summed E-state index contributed by atoms with van der Waals surface area (Å²) in [5, 5.41) is 7.32. The zero-order valence-electron chi connectivity index (χ0n) is 15.5. The smallest absolute Gasteiger partial charge is 0.0176 e. The highest BCUT2D eigenvalue weighted by atomic mass is 32.2. The van der Waals surface area contributed by atoms with Crippen molar-refractivity contribution in [2.75, 3.05) is 18.8 Å². The molecule has 0 saturated heterocycles. The van der Waals surface area contributed by atoms with E-state index in [-0.39, 0.29) is 0 Å². The minimum atomic E-state index is 0.544. The maximum atomic E-state index is 3.71. The van der Waals surface area contributed by atoms with Gasteiger partial charge in [0.25, 0.3) is 0 Å². The Morgan fingerprint density at radius 1 is 0.913 bits per heavy atom. The van der Waals surface area contributed by atoms with Gasteiger partial charge in [-0.05, 0) is 44.0 Å². The van der Waals surface area contributed by atoms with Crippen molar-refractivity contribution in [1.82, 2.24) is 10.6 Å². The molecule has 0 heterocycles. The van der Waals surface area contributed by atoms with E-state index in [0.717, 1.165) is 24.8 Å². The fourth-order valence-corrected chi connectivity index (χ4v) is 3.61. The standard InChI is InChI=1S/C20H36N2S/c1-17(2)10-8-9-14-21-15-13-19(22-18(3)4)16-23-20-11-6-5-7-12-20/h5-7,11-12,17-19,21-22H,8-10,13-16H2,1-4H3. The van der Waals surface area contributed by atoms with Crippen molar-refractivity contribution < 1.29 is 0 Å². The van der Waals surface area contributed by atoms with Crippen LogP contribution in [-0.2, 0) is 0 Å². The van der Waals surface area contributed by atoms with Crippen molar-refractivity contribution in [2.24, 2.45) is 5.92 Å². The Hall–Kier alpha value is -0.510. The van der Waals surface area contributed by atoms with Crippen LogP contribution in [0.1, 0.15) is 53.4 Å². The topological polar surface area (TPSA) is 24.1 Å². The van der Waals surface area contributed by atoms with E-state index in [1.165, 1.54) is 30.6 Å². The zero-order valence-corrected chi connectivity index (χ0v) is 16.3. The van der Waals surface area contributed by atoms with Gasteiger partial charge in [0.15, 0.2) is 0 Å². The van der Waals surface area contributed by atoms with Gasteiger partial charge in [-0.25, -0.2) is 0 Å². The molecule has 0 aliphatic carbocycles. The van der Waals surface area contributed by atoms with Gasteiger partial charge in [-0.15, -0.1) is 11.8 Å². The summed E-state index contributed by atoms with van der Waals surface area (Å²) < 4.78 is 0. The third-order valence-electron chi connectivity index (χ3n) is 3.82. The lowest BCUT2D eigenvalue weighted by molar-refractivity contribution is 0.452. The molecule has 0 saturated carbocycles. The lowest BCUT2D eigenvalue weighted by Crippen LogP contribution is -2.38. The Kier molecular flexibility index (Phi) is 11.5. The first-order valence-corrected chi connectivity index (χ1v) is 10.2. The van der Waals surface area contributed by atoms with Crippen LogP contribution in [0.5, 0.6) is 0 Å². The Labute approximate surface area is 148 Å². The van der Waals surface area contributed by atoms with Crippen LogP contribution in [0.3, 0.4) is 0 Å². The second-order valence-electron chi connectivity index (χ2n) is 7.07. The maximum absolute atomic E-state index is 3.71. The summed E-state index contributed by atoms with van der Waals surface area (Å²) in [5.74, 6) is 1.97. The van der Waals surface area contributed by atoms with E-state index in [2.05, 4.69) is 68.7 Å². The average molecular weight is 337 g/mol. The molecule has 0 fully saturated rings. The van der Waals surface area contributed by atoms with Crippen LogP contribution in [0.15, 0.2) is 35.2 Å². The van der Waals surface area contributed by atoms with Gasteiger partial charge in [-0.2, -0.15) is 0 Å². The molecule has 0 spiro atoms. The molecule has 3 heteroatoms. The molecule has 2 N–H and O–H groups in total. The number of benzene rings is 1. The van der Waals surface area contributed by atoms with Crippen LogP contribution in [-0.4, -0.2) is 30.9 Å². The summed E-state index contributed by atoms with van der Waals surface area (Å²) in [4.78, 5) is 1.37. The highest BCUT2D eigenvalue weighted by Crippen LogP contribution is 2.18. The number of thioether (sulfide) groups is 1. The van der Waals surface area contributed by atoms with Gasteiger partial charge in [0.05, 0.1) is 0 Å². The Bertz CT molecular complexity index is 378. The van der Waals surface area contributed by atoms with Crippen LogP contribution in [0.25, 0.3) is 0 Å². The first kappa shape index (κ1) is 20.5. The Balaban J connectivity index is 2.18. The molecule has 1 aromatic carbocycles. The Morgan fingerprint density at radius 2 is 1.65 bits per heavy atom. The van der Waals surface area contributed by atoms with E-state index in [0.29, 0.717) is 12.1 Å². The number of unbranched alkanes of at least 4 members (excludes halogenated alkanes) is 1. The molecule has 0 radical (unpaired) electrons. The number of nitrogens with one attached hydrogen (secondary N) is 2. The van der Waals surface area contributed by atoms with E-state index in [1.807, 2.05) is 11.8 Å². The fraction of sp³-hybridized carbons (Fsp3) is 0.700. The lowest BCUT2D eigenvalue weighted by atomic mass is 10.1. The molecule has 1 unspecified atom stereocenters. The number of rotatable bonds is 13. The second kappa shape index (κ2) is 12.9. The van der Waals surface area contributed by atoms with Gasteiger partial charge in [0, 0.05) is 22.7 Å². The summed E-state index contributed by atoms with van der Waals surface area (Å²) >= 11 is 1.96. The molecule has 0 bridgehead atoms. The van der Waals surface area contributed by atoms with Crippen LogP contribution in [0.4, 0.5) is 0 Å². The molecule has 132 valence electrons. The van der Waals surface area contributed by atoms with Crippen LogP contribution < -0.4 is 10.6 Å². The van der Waals surface area contributed by atoms with Gasteiger partial charge in [0.2, 0.25) is 0 Å². The highest BCUT2D eigenvalue weighted by molar-refractivity contribution is 7.99. The maximum Gasteiger partial charge on any atom is 0.0176 e. The molecular formula is C20H36N2S. The van der Waals surface area contributed by atoms with Gasteiger partial charge in [-0.1, -0.05) is 58.7 Å². The predicted octanol–water partition coefficient (Wildman–Crippen LogP) is 4.95. The Morgan fingerprint density at radius 3 is 2.30 bits per heavy atom. The van der Waals surface area contributed by atoms with Crippen LogP contribution in [0, 0.1) is 5.92 Å². The largest absolute Gasteiger partial charge is 0.317 e. The molecule has 1 atom stereocenters. The van der Waals surface area contributed by atoms with Crippen LogP contribution in [0.2, 0.25) is 0 Å². The van der Waals surface area contributed by atoms with Crippen molar-refractivity contribution in [3.8, 4) is 0 Å². The summed E-state index contributed by atoms with van der Waals surface area (Å²) in [5.41, 5.74) is 0. The third kappa shape index (κ3) is 11.6. The van der Waals surface area contributed by atoms with Crippen molar-refractivity contribution in [1.29, 1.82) is 0 Å². The first-order valence-electron chi connectivity index (χ1n) is 9.22. The molecule has 0 aliphatic rings.